The van der Waals surface area contributed by atoms with Crippen molar-refractivity contribution in [2.75, 3.05) is 12.4 Å². The third-order valence-corrected chi connectivity index (χ3v) is 6.85. The van der Waals surface area contributed by atoms with Crippen molar-refractivity contribution in [1.29, 1.82) is 0 Å². The van der Waals surface area contributed by atoms with Gasteiger partial charge in [-0.15, -0.1) is 0 Å². The van der Waals surface area contributed by atoms with Gasteiger partial charge in [-0.05, 0) is 65.9 Å². The van der Waals surface area contributed by atoms with Crippen LogP contribution in [0.4, 0.5) is 5.69 Å². The maximum absolute atomic E-state index is 13.0. The molecule has 5 nitrogen and oxygen atoms in total. The third-order valence-electron chi connectivity index (χ3n) is 6.32. The van der Waals surface area contributed by atoms with E-state index in [0.717, 1.165) is 22.1 Å². The SMILES string of the molecule is COC(=O)c1ccccc1OC(=O)c1ccc2c(c1)[C@@H]1C=CC[C@@H]1[C@H](c1ccc(Br)cc1)N2. The first-order valence-electron chi connectivity index (χ1n) is 10.8. The van der Waals surface area contributed by atoms with Gasteiger partial charge in [0, 0.05) is 16.1 Å². The molecular formula is C27H22BrNO4. The average Bonchev–Trinajstić information content (AvgIpc) is 3.34. The lowest BCUT2D eigenvalue weighted by molar-refractivity contribution is 0.0593. The number of carbonyl (C=O) groups excluding carboxylic acids is 2. The number of halogens is 1. The highest BCUT2D eigenvalue weighted by Gasteiger charge is 2.38. The van der Waals surface area contributed by atoms with Crippen LogP contribution < -0.4 is 10.1 Å². The molecule has 2 aliphatic rings. The van der Waals surface area contributed by atoms with Crippen LogP contribution in [-0.4, -0.2) is 19.0 Å². The maximum atomic E-state index is 13.0. The predicted octanol–water partition coefficient (Wildman–Crippen LogP) is 6.28. The highest BCUT2D eigenvalue weighted by atomic mass is 79.9. The van der Waals surface area contributed by atoms with E-state index >= 15 is 0 Å². The minimum atomic E-state index is -0.550. The van der Waals surface area contributed by atoms with Gasteiger partial charge in [0.05, 0.1) is 18.7 Å². The molecule has 0 amide bonds. The zero-order chi connectivity index (χ0) is 22.9. The highest BCUT2D eigenvalue weighted by Crippen LogP contribution is 2.50. The van der Waals surface area contributed by atoms with Crippen molar-refractivity contribution in [3.05, 3.63) is 106 Å². The molecule has 1 heterocycles. The van der Waals surface area contributed by atoms with Crippen LogP contribution in [0.15, 0.2) is 83.4 Å². The number of anilines is 1. The van der Waals surface area contributed by atoms with Crippen LogP contribution in [0.5, 0.6) is 5.75 Å². The highest BCUT2D eigenvalue weighted by molar-refractivity contribution is 9.10. The number of ether oxygens (including phenoxy) is 2. The quantitative estimate of drug-likeness (QED) is 0.257. The first-order valence-corrected chi connectivity index (χ1v) is 11.6. The summed E-state index contributed by atoms with van der Waals surface area (Å²) in [5, 5.41) is 3.68. The van der Waals surface area contributed by atoms with E-state index in [0.29, 0.717) is 11.5 Å². The van der Waals surface area contributed by atoms with E-state index in [1.54, 1.807) is 30.3 Å². The molecule has 0 unspecified atom stereocenters. The van der Waals surface area contributed by atoms with Crippen LogP contribution in [0.2, 0.25) is 0 Å². The summed E-state index contributed by atoms with van der Waals surface area (Å²) in [6, 6.07) is 20.8. The number of nitrogens with one attached hydrogen (secondary N) is 1. The second-order valence-electron chi connectivity index (χ2n) is 8.21. The van der Waals surface area contributed by atoms with Gasteiger partial charge in [0.25, 0.3) is 0 Å². The van der Waals surface area contributed by atoms with E-state index < -0.39 is 11.9 Å². The Hall–Kier alpha value is -3.38. The van der Waals surface area contributed by atoms with E-state index in [9.17, 15) is 9.59 Å². The Morgan fingerprint density at radius 1 is 1.00 bits per heavy atom. The number of rotatable bonds is 4. The summed E-state index contributed by atoms with van der Waals surface area (Å²) in [4.78, 5) is 25.0. The molecule has 0 aromatic heterocycles. The lowest BCUT2D eigenvalue weighted by Crippen LogP contribution is -2.29. The van der Waals surface area contributed by atoms with E-state index in [1.807, 2.05) is 12.1 Å². The zero-order valence-corrected chi connectivity index (χ0v) is 19.5. The third kappa shape index (κ3) is 4.07. The lowest BCUT2D eigenvalue weighted by atomic mass is 9.76. The van der Waals surface area contributed by atoms with Gasteiger partial charge >= 0.3 is 11.9 Å². The Bertz CT molecular complexity index is 1250. The number of fused-ring (bicyclic) bond motifs is 3. The summed E-state index contributed by atoms with van der Waals surface area (Å²) in [7, 11) is 1.30. The summed E-state index contributed by atoms with van der Waals surface area (Å²) in [6.07, 6.45) is 5.42. The smallest absolute Gasteiger partial charge is 0.343 e. The Morgan fingerprint density at radius 3 is 2.58 bits per heavy atom. The summed E-state index contributed by atoms with van der Waals surface area (Å²) < 4.78 is 11.4. The molecule has 33 heavy (non-hydrogen) atoms. The molecular weight excluding hydrogens is 482 g/mol. The molecule has 1 aliphatic carbocycles. The number of hydrogen-bond donors (Lipinski definition) is 1. The number of para-hydroxylation sites is 1. The summed E-state index contributed by atoms with van der Waals surface area (Å²) >= 11 is 3.51. The lowest BCUT2D eigenvalue weighted by Gasteiger charge is -2.37. The fraction of sp³-hybridized carbons (Fsp3) is 0.185. The minimum Gasteiger partial charge on any atom is -0.465 e. The molecule has 6 heteroatoms. The normalized spacial score (nSPS) is 20.4. The van der Waals surface area contributed by atoms with Crippen molar-refractivity contribution in [2.24, 2.45) is 5.92 Å². The van der Waals surface area contributed by atoms with Crippen molar-refractivity contribution in [3.8, 4) is 5.75 Å². The fourth-order valence-electron chi connectivity index (χ4n) is 4.71. The van der Waals surface area contributed by atoms with Crippen molar-refractivity contribution in [3.63, 3.8) is 0 Å². The van der Waals surface area contributed by atoms with Crippen LogP contribution in [0.3, 0.4) is 0 Å². The van der Waals surface area contributed by atoms with Crippen molar-refractivity contribution in [1.82, 2.24) is 0 Å². The first-order chi connectivity index (χ1) is 16.0. The number of benzene rings is 3. The number of allylic oxidation sites excluding steroid dienone is 2. The first kappa shape index (κ1) is 21.5. The van der Waals surface area contributed by atoms with Crippen LogP contribution in [0, 0.1) is 5.92 Å². The van der Waals surface area contributed by atoms with Gasteiger partial charge in [-0.2, -0.15) is 0 Å². The second kappa shape index (κ2) is 8.87. The summed E-state index contributed by atoms with van der Waals surface area (Å²) in [5.74, 6) is -0.303. The molecule has 3 aromatic rings. The molecule has 3 atom stereocenters. The van der Waals surface area contributed by atoms with Crippen molar-refractivity contribution in [2.45, 2.75) is 18.4 Å². The number of methoxy groups -OCH3 is 1. The molecule has 0 radical (unpaired) electrons. The monoisotopic (exact) mass is 503 g/mol. The topological polar surface area (TPSA) is 64.6 Å². The van der Waals surface area contributed by atoms with Gasteiger partial charge in [-0.1, -0.05) is 52.3 Å². The predicted molar refractivity (Wildman–Crippen MR) is 130 cm³/mol. The van der Waals surface area contributed by atoms with E-state index in [-0.39, 0.29) is 23.3 Å². The molecule has 166 valence electrons. The van der Waals surface area contributed by atoms with Crippen LogP contribution in [0.25, 0.3) is 0 Å². The van der Waals surface area contributed by atoms with Gasteiger partial charge in [-0.3, -0.25) is 0 Å². The molecule has 0 saturated heterocycles. The maximum Gasteiger partial charge on any atom is 0.343 e. The van der Waals surface area contributed by atoms with Gasteiger partial charge in [0.1, 0.15) is 11.3 Å². The number of hydrogen-bond acceptors (Lipinski definition) is 5. The van der Waals surface area contributed by atoms with E-state index in [1.165, 1.54) is 12.7 Å². The van der Waals surface area contributed by atoms with Gasteiger partial charge in [0.15, 0.2) is 0 Å². The Balaban J connectivity index is 1.43. The van der Waals surface area contributed by atoms with Crippen molar-refractivity contribution < 1.29 is 19.1 Å². The molecule has 1 N–H and O–H groups in total. The van der Waals surface area contributed by atoms with Crippen LogP contribution >= 0.6 is 15.9 Å². The fourth-order valence-corrected chi connectivity index (χ4v) is 4.98. The molecule has 0 fully saturated rings. The number of carbonyl (C=O) groups is 2. The Kier molecular flexibility index (Phi) is 5.77. The standard InChI is InChI=1S/C27H22BrNO4/c1-32-27(31)21-5-2-3-8-24(21)33-26(30)17-11-14-23-22(15-17)19-6-4-7-20(19)25(29-23)16-9-12-18(28)13-10-16/h2-6,8-15,19-20,25,29H,7H2,1H3/t19-,20+,25+/m1/s1. The summed E-state index contributed by atoms with van der Waals surface area (Å²) in [5.41, 5.74) is 3.99. The number of esters is 2. The summed E-state index contributed by atoms with van der Waals surface area (Å²) in [6.45, 7) is 0. The molecule has 0 saturated carbocycles. The van der Waals surface area contributed by atoms with Gasteiger partial charge in [0.2, 0.25) is 0 Å². The van der Waals surface area contributed by atoms with Gasteiger partial charge < -0.3 is 14.8 Å². The molecule has 5 rings (SSSR count). The average molecular weight is 504 g/mol. The van der Waals surface area contributed by atoms with Gasteiger partial charge in [-0.25, -0.2) is 9.59 Å². The molecule has 0 bridgehead atoms. The van der Waals surface area contributed by atoms with E-state index in [4.69, 9.17) is 9.47 Å². The van der Waals surface area contributed by atoms with E-state index in [2.05, 4.69) is 57.7 Å². The molecule has 3 aromatic carbocycles. The molecule has 0 spiro atoms. The Morgan fingerprint density at radius 2 is 1.79 bits per heavy atom. The zero-order valence-electron chi connectivity index (χ0n) is 18.0. The Labute approximate surface area is 200 Å². The van der Waals surface area contributed by atoms with Crippen LogP contribution in [-0.2, 0) is 4.74 Å². The largest absolute Gasteiger partial charge is 0.465 e. The van der Waals surface area contributed by atoms with Crippen LogP contribution in [0.1, 0.15) is 50.2 Å². The minimum absolute atomic E-state index is 0.180. The second-order valence-corrected chi connectivity index (χ2v) is 9.12. The van der Waals surface area contributed by atoms with Crippen molar-refractivity contribution >= 4 is 33.6 Å². The molecule has 1 aliphatic heterocycles.